The molecule has 1 amide bonds. The lowest BCUT2D eigenvalue weighted by Gasteiger charge is -2.07. The van der Waals surface area contributed by atoms with Crippen LogP contribution in [-0.2, 0) is 6.61 Å². The standard InChI is InChI=1S/C17H14FN3O2/c18-13-6-4-12(5-7-13)16-15(9-19-21-16)17(23)20-14-3-1-2-11(8-14)10-22/h1-9,22H,10H2,(H,19,21)(H,20,23). The lowest BCUT2D eigenvalue weighted by atomic mass is 10.1. The van der Waals surface area contributed by atoms with E-state index in [1.165, 1.54) is 18.3 Å². The maximum Gasteiger partial charge on any atom is 0.259 e. The first kappa shape index (κ1) is 14.9. The molecule has 0 radical (unpaired) electrons. The number of benzene rings is 2. The van der Waals surface area contributed by atoms with E-state index in [1.54, 1.807) is 36.4 Å². The Hall–Kier alpha value is -2.99. The largest absolute Gasteiger partial charge is 0.392 e. The average molecular weight is 311 g/mol. The van der Waals surface area contributed by atoms with Gasteiger partial charge in [0, 0.05) is 11.3 Å². The summed E-state index contributed by atoms with van der Waals surface area (Å²) in [5.74, 6) is -0.687. The van der Waals surface area contributed by atoms with Gasteiger partial charge in [-0.1, -0.05) is 12.1 Å². The van der Waals surface area contributed by atoms with Crippen molar-refractivity contribution in [1.29, 1.82) is 0 Å². The van der Waals surface area contributed by atoms with E-state index in [0.29, 0.717) is 28.1 Å². The molecular weight excluding hydrogens is 297 g/mol. The maximum absolute atomic E-state index is 13.0. The van der Waals surface area contributed by atoms with Crippen LogP contribution < -0.4 is 5.32 Å². The number of nitrogens with one attached hydrogen (secondary N) is 2. The fraction of sp³-hybridized carbons (Fsp3) is 0.0588. The number of hydrogen-bond acceptors (Lipinski definition) is 3. The van der Waals surface area contributed by atoms with Gasteiger partial charge in [-0.15, -0.1) is 0 Å². The molecule has 0 atom stereocenters. The summed E-state index contributed by atoms with van der Waals surface area (Å²) in [6.07, 6.45) is 1.42. The van der Waals surface area contributed by atoms with E-state index in [0.717, 1.165) is 0 Å². The molecule has 0 spiro atoms. The number of H-pyrrole nitrogens is 1. The summed E-state index contributed by atoms with van der Waals surface area (Å²) in [4.78, 5) is 12.4. The summed E-state index contributed by atoms with van der Waals surface area (Å²) < 4.78 is 13.0. The van der Waals surface area contributed by atoms with Gasteiger partial charge in [0.1, 0.15) is 5.82 Å². The summed E-state index contributed by atoms with van der Waals surface area (Å²) in [5, 5.41) is 18.5. The van der Waals surface area contributed by atoms with Gasteiger partial charge in [-0.05, 0) is 42.0 Å². The van der Waals surface area contributed by atoms with E-state index < -0.39 is 0 Å². The van der Waals surface area contributed by atoms with Crippen molar-refractivity contribution in [3.8, 4) is 11.3 Å². The molecule has 3 N–H and O–H groups in total. The number of carbonyl (C=O) groups excluding carboxylic acids is 1. The first-order valence-electron chi connectivity index (χ1n) is 6.98. The molecule has 0 bridgehead atoms. The fourth-order valence-corrected chi connectivity index (χ4v) is 2.24. The summed E-state index contributed by atoms with van der Waals surface area (Å²) in [7, 11) is 0. The van der Waals surface area contributed by atoms with Gasteiger partial charge in [0.05, 0.1) is 24.1 Å². The Morgan fingerprint density at radius 2 is 2.00 bits per heavy atom. The number of rotatable bonds is 4. The second-order valence-corrected chi connectivity index (χ2v) is 4.98. The molecule has 0 aliphatic carbocycles. The molecule has 0 saturated heterocycles. The third-order valence-corrected chi connectivity index (χ3v) is 3.38. The quantitative estimate of drug-likeness (QED) is 0.693. The van der Waals surface area contributed by atoms with E-state index in [9.17, 15) is 9.18 Å². The van der Waals surface area contributed by atoms with Crippen LogP contribution in [0.5, 0.6) is 0 Å². The molecule has 3 aromatic rings. The van der Waals surface area contributed by atoms with Gasteiger partial charge in [0.25, 0.3) is 5.91 Å². The van der Waals surface area contributed by atoms with Gasteiger partial charge < -0.3 is 10.4 Å². The maximum atomic E-state index is 13.0. The van der Waals surface area contributed by atoms with Crippen LogP contribution in [0, 0.1) is 5.82 Å². The zero-order valence-electron chi connectivity index (χ0n) is 12.1. The van der Waals surface area contributed by atoms with Crippen molar-refractivity contribution in [3.05, 3.63) is 71.7 Å². The van der Waals surface area contributed by atoms with E-state index >= 15 is 0 Å². The Kier molecular flexibility index (Phi) is 4.16. The number of amides is 1. The number of carbonyl (C=O) groups is 1. The second kappa shape index (κ2) is 6.41. The van der Waals surface area contributed by atoms with E-state index in [4.69, 9.17) is 5.11 Å². The fourth-order valence-electron chi connectivity index (χ4n) is 2.24. The van der Waals surface area contributed by atoms with Gasteiger partial charge in [-0.3, -0.25) is 9.89 Å². The highest BCUT2D eigenvalue weighted by atomic mass is 19.1. The zero-order valence-corrected chi connectivity index (χ0v) is 12.1. The Morgan fingerprint density at radius 1 is 1.22 bits per heavy atom. The molecular formula is C17H14FN3O2. The SMILES string of the molecule is O=C(Nc1cccc(CO)c1)c1cn[nH]c1-c1ccc(F)cc1. The molecule has 116 valence electrons. The predicted octanol–water partition coefficient (Wildman–Crippen LogP) is 2.96. The highest BCUT2D eigenvalue weighted by Gasteiger charge is 2.15. The van der Waals surface area contributed by atoms with Crippen LogP contribution in [0.15, 0.2) is 54.7 Å². The molecule has 6 heteroatoms. The molecule has 2 aromatic carbocycles. The van der Waals surface area contributed by atoms with Gasteiger partial charge >= 0.3 is 0 Å². The monoisotopic (exact) mass is 311 g/mol. The summed E-state index contributed by atoms with van der Waals surface area (Å²) in [6, 6.07) is 12.7. The minimum absolute atomic E-state index is 0.101. The summed E-state index contributed by atoms with van der Waals surface area (Å²) in [6.45, 7) is -0.101. The van der Waals surface area contributed by atoms with Crippen LogP contribution in [0.2, 0.25) is 0 Å². The molecule has 0 aliphatic heterocycles. The van der Waals surface area contributed by atoms with Crippen molar-refractivity contribution in [2.45, 2.75) is 6.61 Å². The normalized spacial score (nSPS) is 10.5. The number of aromatic nitrogens is 2. The first-order valence-corrected chi connectivity index (χ1v) is 6.98. The van der Waals surface area contributed by atoms with Crippen molar-refractivity contribution in [1.82, 2.24) is 10.2 Å². The van der Waals surface area contributed by atoms with E-state index in [-0.39, 0.29) is 18.3 Å². The summed E-state index contributed by atoms with van der Waals surface area (Å²) in [5.41, 5.74) is 2.81. The predicted molar refractivity (Wildman–Crippen MR) is 84.3 cm³/mol. The van der Waals surface area contributed by atoms with Crippen molar-refractivity contribution in [2.24, 2.45) is 0 Å². The van der Waals surface area contributed by atoms with Crippen LogP contribution in [-0.4, -0.2) is 21.2 Å². The van der Waals surface area contributed by atoms with Gasteiger partial charge in [-0.25, -0.2) is 4.39 Å². The number of anilines is 1. The van der Waals surface area contributed by atoms with E-state index in [2.05, 4.69) is 15.5 Å². The van der Waals surface area contributed by atoms with E-state index in [1.807, 2.05) is 0 Å². The van der Waals surface area contributed by atoms with Crippen molar-refractivity contribution >= 4 is 11.6 Å². The average Bonchev–Trinajstić information content (AvgIpc) is 3.05. The number of aliphatic hydroxyl groups excluding tert-OH is 1. The smallest absolute Gasteiger partial charge is 0.259 e. The molecule has 1 heterocycles. The summed E-state index contributed by atoms with van der Waals surface area (Å²) >= 11 is 0. The van der Waals surface area contributed by atoms with Crippen LogP contribution in [0.4, 0.5) is 10.1 Å². The lowest BCUT2D eigenvalue weighted by Crippen LogP contribution is -2.12. The molecule has 1 aromatic heterocycles. The van der Waals surface area contributed by atoms with Crippen LogP contribution >= 0.6 is 0 Å². The Labute approximate surface area is 131 Å². The third kappa shape index (κ3) is 3.27. The number of hydrogen-bond donors (Lipinski definition) is 3. The van der Waals surface area contributed by atoms with Gasteiger partial charge in [0.2, 0.25) is 0 Å². The van der Waals surface area contributed by atoms with Crippen LogP contribution in [0.25, 0.3) is 11.3 Å². The Balaban J connectivity index is 1.86. The van der Waals surface area contributed by atoms with Crippen molar-refractivity contribution in [3.63, 3.8) is 0 Å². The molecule has 3 rings (SSSR count). The number of aliphatic hydroxyl groups is 1. The third-order valence-electron chi connectivity index (χ3n) is 3.38. The van der Waals surface area contributed by atoms with Gasteiger partial charge in [-0.2, -0.15) is 5.10 Å². The van der Waals surface area contributed by atoms with Gasteiger partial charge in [0.15, 0.2) is 0 Å². The Morgan fingerprint density at radius 3 is 2.74 bits per heavy atom. The molecule has 23 heavy (non-hydrogen) atoms. The molecule has 0 aliphatic rings. The Bertz CT molecular complexity index is 828. The highest BCUT2D eigenvalue weighted by molar-refractivity contribution is 6.08. The van der Waals surface area contributed by atoms with Crippen molar-refractivity contribution < 1.29 is 14.3 Å². The zero-order chi connectivity index (χ0) is 16.2. The molecule has 5 nitrogen and oxygen atoms in total. The van der Waals surface area contributed by atoms with Crippen LogP contribution in [0.1, 0.15) is 15.9 Å². The minimum Gasteiger partial charge on any atom is -0.392 e. The number of halogens is 1. The molecule has 0 saturated carbocycles. The number of aromatic amines is 1. The second-order valence-electron chi connectivity index (χ2n) is 4.98. The highest BCUT2D eigenvalue weighted by Crippen LogP contribution is 2.22. The topological polar surface area (TPSA) is 78.0 Å². The lowest BCUT2D eigenvalue weighted by molar-refractivity contribution is 0.102. The molecule has 0 unspecified atom stereocenters. The molecule has 0 fully saturated rings. The van der Waals surface area contributed by atoms with Crippen molar-refractivity contribution in [2.75, 3.05) is 5.32 Å². The first-order chi connectivity index (χ1) is 11.2. The number of nitrogens with zero attached hydrogens (tertiary/aromatic N) is 1. The minimum atomic E-state index is -0.347. The van der Waals surface area contributed by atoms with Crippen LogP contribution in [0.3, 0.4) is 0 Å².